The average Bonchev–Trinajstić information content (AvgIpc) is 3.08. The molecule has 0 saturated carbocycles. The first-order valence-electron chi connectivity index (χ1n) is 7.59. The molecule has 0 aliphatic carbocycles. The summed E-state index contributed by atoms with van der Waals surface area (Å²) >= 11 is 0. The summed E-state index contributed by atoms with van der Waals surface area (Å²) in [4.78, 5) is 25.2. The molecule has 3 rings (SSSR count). The Kier molecular flexibility index (Phi) is 4.09. The van der Waals surface area contributed by atoms with E-state index in [2.05, 4.69) is 21.8 Å². The van der Waals surface area contributed by atoms with Crippen molar-refractivity contribution in [3.63, 3.8) is 0 Å². The molecule has 1 saturated heterocycles. The van der Waals surface area contributed by atoms with Crippen molar-refractivity contribution in [3.8, 4) is 0 Å². The SMILES string of the molecule is CCc1cc(N2CCN(C(=O)c3ccco3)CC2)nc(C)n1. The van der Waals surface area contributed by atoms with Crippen LogP contribution in [-0.2, 0) is 6.42 Å². The first-order valence-corrected chi connectivity index (χ1v) is 7.59. The van der Waals surface area contributed by atoms with E-state index in [0.717, 1.165) is 36.8 Å². The Labute approximate surface area is 129 Å². The van der Waals surface area contributed by atoms with Crippen LogP contribution in [0.15, 0.2) is 28.9 Å². The summed E-state index contributed by atoms with van der Waals surface area (Å²) in [7, 11) is 0. The number of amides is 1. The fourth-order valence-corrected chi connectivity index (χ4v) is 2.65. The van der Waals surface area contributed by atoms with Crippen LogP contribution in [0.5, 0.6) is 0 Å². The third-order valence-electron chi connectivity index (χ3n) is 3.86. The predicted molar refractivity (Wildman–Crippen MR) is 83.0 cm³/mol. The smallest absolute Gasteiger partial charge is 0.289 e. The highest BCUT2D eigenvalue weighted by molar-refractivity contribution is 5.91. The fraction of sp³-hybridized carbons (Fsp3) is 0.438. The number of nitrogens with zero attached hydrogens (tertiary/aromatic N) is 4. The molecule has 3 heterocycles. The first-order chi connectivity index (χ1) is 10.7. The van der Waals surface area contributed by atoms with Crippen molar-refractivity contribution in [1.82, 2.24) is 14.9 Å². The van der Waals surface area contributed by atoms with E-state index in [0.29, 0.717) is 18.8 Å². The van der Waals surface area contributed by atoms with Crippen molar-refractivity contribution in [3.05, 3.63) is 41.7 Å². The van der Waals surface area contributed by atoms with Gasteiger partial charge in [0, 0.05) is 37.9 Å². The van der Waals surface area contributed by atoms with Crippen molar-refractivity contribution in [2.24, 2.45) is 0 Å². The highest BCUT2D eigenvalue weighted by atomic mass is 16.3. The number of hydrogen-bond acceptors (Lipinski definition) is 5. The van der Waals surface area contributed by atoms with E-state index in [4.69, 9.17) is 4.42 Å². The van der Waals surface area contributed by atoms with Crippen molar-refractivity contribution in [2.45, 2.75) is 20.3 Å². The largest absolute Gasteiger partial charge is 0.459 e. The topological polar surface area (TPSA) is 62.5 Å². The molecule has 1 fully saturated rings. The van der Waals surface area contributed by atoms with Gasteiger partial charge in [0.05, 0.1) is 6.26 Å². The standard InChI is InChI=1S/C16H20N4O2/c1-3-13-11-15(18-12(2)17-13)19-6-8-20(9-7-19)16(21)14-5-4-10-22-14/h4-5,10-11H,3,6-9H2,1-2H3. The van der Waals surface area contributed by atoms with Gasteiger partial charge in [-0.2, -0.15) is 0 Å². The van der Waals surface area contributed by atoms with Crippen molar-refractivity contribution < 1.29 is 9.21 Å². The number of anilines is 1. The average molecular weight is 300 g/mol. The van der Waals surface area contributed by atoms with Gasteiger partial charge in [0.15, 0.2) is 5.76 Å². The number of aryl methyl sites for hydroxylation is 2. The van der Waals surface area contributed by atoms with E-state index >= 15 is 0 Å². The summed E-state index contributed by atoms with van der Waals surface area (Å²) in [5, 5.41) is 0. The Morgan fingerprint density at radius 2 is 2.05 bits per heavy atom. The van der Waals surface area contributed by atoms with Crippen LogP contribution in [0.2, 0.25) is 0 Å². The van der Waals surface area contributed by atoms with Gasteiger partial charge >= 0.3 is 0 Å². The summed E-state index contributed by atoms with van der Waals surface area (Å²) in [5.41, 5.74) is 1.05. The number of piperazine rings is 1. The lowest BCUT2D eigenvalue weighted by atomic mass is 10.2. The van der Waals surface area contributed by atoms with E-state index in [1.165, 1.54) is 6.26 Å². The molecule has 22 heavy (non-hydrogen) atoms. The van der Waals surface area contributed by atoms with E-state index in [9.17, 15) is 4.79 Å². The van der Waals surface area contributed by atoms with Gasteiger partial charge in [0.1, 0.15) is 11.6 Å². The van der Waals surface area contributed by atoms with Crippen LogP contribution in [-0.4, -0.2) is 47.0 Å². The molecule has 0 aromatic carbocycles. The van der Waals surface area contributed by atoms with Gasteiger partial charge in [-0.25, -0.2) is 9.97 Å². The molecule has 0 N–H and O–H groups in total. The number of furan rings is 1. The molecule has 0 bridgehead atoms. The van der Waals surface area contributed by atoms with Crippen molar-refractivity contribution in [1.29, 1.82) is 0 Å². The second-order valence-electron chi connectivity index (χ2n) is 5.37. The van der Waals surface area contributed by atoms with Crippen LogP contribution in [0.4, 0.5) is 5.82 Å². The second kappa shape index (κ2) is 6.17. The summed E-state index contributed by atoms with van der Waals surface area (Å²) in [6, 6.07) is 5.48. The number of aromatic nitrogens is 2. The Balaban J connectivity index is 1.67. The van der Waals surface area contributed by atoms with Crippen molar-refractivity contribution >= 4 is 11.7 Å². The third kappa shape index (κ3) is 2.95. The Hall–Kier alpha value is -2.37. The van der Waals surface area contributed by atoms with Crippen LogP contribution in [0, 0.1) is 6.92 Å². The molecule has 1 aliphatic rings. The maximum absolute atomic E-state index is 12.2. The predicted octanol–water partition coefficient (Wildman–Crippen LogP) is 1.90. The van der Waals surface area contributed by atoms with Gasteiger partial charge in [-0.1, -0.05) is 6.92 Å². The van der Waals surface area contributed by atoms with Crippen LogP contribution in [0.1, 0.15) is 29.0 Å². The lowest BCUT2D eigenvalue weighted by molar-refractivity contribution is 0.0714. The quantitative estimate of drug-likeness (QED) is 0.866. The molecule has 1 amide bonds. The number of carbonyl (C=O) groups is 1. The van der Waals surface area contributed by atoms with Gasteiger partial charge < -0.3 is 14.2 Å². The Bertz CT molecular complexity index is 646. The molecule has 0 atom stereocenters. The van der Waals surface area contributed by atoms with E-state index in [1.54, 1.807) is 12.1 Å². The first kappa shape index (κ1) is 14.6. The highest BCUT2D eigenvalue weighted by Gasteiger charge is 2.24. The molecule has 0 radical (unpaired) electrons. The highest BCUT2D eigenvalue weighted by Crippen LogP contribution is 2.17. The zero-order valence-electron chi connectivity index (χ0n) is 13.0. The van der Waals surface area contributed by atoms with E-state index in [1.807, 2.05) is 17.9 Å². The molecule has 6 nitrogen and oxygen atoms in total. The number of hydrogen-bond donors (Lipinski definition) is 0. The molecular formula is C16H20N4O2. The maximum atomic E-state index is 12.2. The fourth-order valence-electron chi connectivity index (χ4n) is 2.65. The van der Waals surface area contributed by atoms with Crippen LogP contribution in [0.3, 0.4) is 0 Å². The second-order valence-corrected chi connectivity index (χ2v) is 5.37. The van der Waals surface area contributed by atoms with Crippen LogP contribution >= 0.6 is 0 Å². The van der Waals surface area contributed by atoms with Gasteiger partial charge in [-0.05, 0) is 25.5 Å². The van der Waals surface area contributed by atoms with Gasteiger partial charge in [0.2, 0.25) is 0 Å². The van der Waals surface area contributed by atoms with Crippen LogP contribution < -0.4 is 4.90 Å². The summed E-state index contributed by atoms with van der Waals surface area (Å²) in [5.74, 6) is 2.11. The van der Waals surface area contributed by atoms with E-state index in [-0.39, 0.29) is 5.91 Å². The summed E-state index contributed by atoms with van der Waals surface area (Å²) in [6.45, 7) is 6.89. The molecule has 116 valence electrons. The third-order valence-corrected chi connectivity index (χ3v) is 3.86. The molecule has 6 heteroatoms. The minimum atomic E-state index is -0.0437. The summed E-state index contributed by atoms with van der Waals surface area (Å²) in [6.07, 6.45) is 2.42. The molecular weight excluding hydrogens is 280 g/mol. The minimum absolute atomic E-state index is 0.0437. The molecule has 0 unspecified atom stereocenters. The zero-order valence-corrected chi connectivity index (χ0v) is 13.0. The lowest BCUT2D eigenvalue weighted by Crippen LogP contribution is -2.49. The Morgan fingerprint density at radius 1 is 1.27 bits per heavy atom. The van der Waals surface area contributed by atoms with Gasteiger partial charge in [-0.15, -0.1) is 0 Å². The Morgan fingerprint density at radius 3 is 2.68 bits per heavy atom. The number of carbonyl (C=O) groups excluding carboxylic acids is 1. The normalized spacial score (nSPS) is 15.2. The van der Waals surface area contributed by atoms with Gasteiger partial charge in [-0.3, -0.25) is 4.79 Å². The van der Waals surface area contributed by atoms with Crippen LogP contribution in [0.25, 0.3) is 0 Å². The molecule has 0 spiro atoms. The molecule has 2 aromatic rings. The minimum Gasteiger partial charge on any atom is -0.459 e. The maximum Gasteiger partial charge on any atom is 0.289 e. The van der Waals surface area contributed by atoms with Crippen molar-refractivity contribution in [2.75, 3.05) is 31.1 Å². The lowest BCUT2D eigenvalue weighted by Gasteiger charge is -2.35. The monoisotopic (exact) mass is 300 g/mol. The zero-order chi connectivity index (χ0) is 15.5. The van der Waals surface area contributed by atoms with Gasteiger partial charge in [0.25, 0.3) is 5.91 Å². The van der Waals surface area contributed by atoms with E-state index < -0.39 is 0 Å². The molecule has 1 aliphatic heterocycles. The molecule has 2 aromatic heterocycles. The number of rotatable bonds is 3. The summed E-state index contributed by atoms with van der Waals surface area (Å²) < 4.78 is 5.18.